The molecule has 0 fully saturated rings. The number of aromatic nitrogens is 1. The van der Waals surface area contributed by atoms with Crippen LogP contribution in [0.2, 0.25) is 0 Å². The lowest BCUT2D eigenvalue weighted by Gasteiger charge is -2.06. The number of hydrogen-bond donors (Lipinski definition) is 1. The quantitative estimate of drug-likeness (QED) is 0.676. The van der Waals surface area contributed by atoms with Crippen LogP contribution >= 0.6 is 11.3 Å². The van der Waals surface area contributed by atoms with Crippen molar-refractivity contribution in [2.24, 2.45) is 5.73 Å². The van der Waals surface area contributed by atoms with Crippen LogP contribution in [0.3, 0.4) is 0 Å². The molecular formula is C21H17N3O4S. The minimum absolute atomic E-state index is 0.176. The second-order valence-corrected chi connectivity index (χ2v) is 6.88. The van der Waals surface area contributed by atoms with Crippen LogP contribution in [0.15, 0.2) is 53.3 Å². The first kappa shape index (κ1) is 19.9. The number of hydrogen-bond acceptors (Lipinski definition) is 6. The van der Waals surface area contributed by atoms with Gasteiger partial charge < -0.3 is 15.2 Å². The van der Waals surface area contributed by atoms with Crippen molar-refractivity contribution in [1.29, 1.82) is 5.26 Å². The molecule has 2 N–H and O–H groups in total. The maximum Gasteiger partial charge on any atom is 0.273 e. The molecular weight excluding hydrogens is 390 g/mol. The number of thiazole rings is 1. The Labute approximate surface area is 170 Å². The Morgan fingerprint density at radius 2 is 1.90 bits per heavy atom. The number of primary amides is 1. The first-order chi connectivity index (χ1) is 14.0. The summed E-state index contributed by atoms with van der Waals surface area (Å²) in [4.78, 5) is 24.9. The van der Waals surface area contributed by atoms with E-state index in [9.17, 15) is 14.9 Å². The van der Waals surface area contributed by atoms with Gasteiger partial charge in [-0.1, -0.05) is 18.2 Å². The normalized spacial score (nSPS) is 12.2. The SMILES string of the molecule is COc1ccc(C=c2sc(=C(C#N)C(N)=O)n(-c3ccccc3)c2=O)c(OC)c1. The molecule has 8 heteroatoms. The maximum atomic E-state index is 13.2. The van der Waals surface area contributed by atoms with E-state index in [2.05, 4.69) is 0 Å². The third kappa shape index (κ3) is 3.90. The molecule has 0 atom stereocenters. The number of nitrogens with zero attached hydrogens (tertiary/aromatic N) is 2. The smallest absolute Gasteiger partial charge is 0.273 e. The zero-order valence-electron chi connectivity index (χ0n) is 15.7. The van der Waals surface area contributed by atoms with Gasteiger partial charge in [0.15, 0.2) is 5.57 Å². The largest absolute Gasteiger partial charge is 0.497 e. The molecule has 29 heavy (non-hydrogen) atoms. The minimum atomic E-state index is -0.896. The number of methoxy groups -OCH3 is 2. The monoisotopic (exact) mass is 407 g/mol. The van der Waals surface area contributed by atoms with Crippen molar-refractivity contribution in [2.75, 3.05) is 14.2 Å². The highest BCUT2D eigenvalue weighted by molar-refractivity contribution is 7.07. The van der Waals surface area contributed by atoms with Crippen LogP contribution in [0.4, 0.5) is 0 Å². The van der Waals surface area contributed by atoms with E-state index in [1.54, 1.807) is 61.7 Å². The minimum Gasteiger partial charge on any atom is -0.497 e. The molecule has 1 amide bonds. The van der Waals surface area contributed by atoms with Gasteiger partial charge in [0.25, 0.3) is 11.5 Å². The van der Waals surface area contributed by atoms with Crippen molar-refractivity contribution in [1.82, 2.24) is 4.57 Å². The molecule has 0 spiro atoms. The third-order valence-electron chi connectivity index (χ3n) is 4.14. The molecule has 0 bridgehead atoms. The molecule has 0 unspecified atom stereocenters. The van der Waals surface area contributed by atoms with Gasteiger partial charge >= 0.3 is 0 Å². The van der Waals surface area contributed by atoms with Crippen molar-refractivity contribution in [2.45, 2.75) is 0 Å². The van der Waals surface area contributed by atoms with Gasteiger partial charge in [-0.3, -0.25) is 14.2 Å². The summed E-state index contributed by atoms with van der Waals surface area (Å²) >= 11 is 1.01. The standard InChI is InChI=1S/C21H17N3O4S/c1-27-15-9-8-13(17(11-15)28-2)10-18-20(26)24(14-6-4-3-5-7-14)21(29-18)16(12-22)19(23)25/h3-11H,1-2H3,(H2,23,25). The summed E-state index contributed by atoms with van der Waals surface area (Å²) in [6, 6.07) is 15.8. The predicted molar refractivity (Wildman–Crippen MR) is 110 cm³/mol. The molecule has 146 valence electrons. The number of ether oxygens (including phenoxy) is 2. The first-order valence-electron chi connectivity index (χ1n) is 8.45. The lowest BCUT2D eigenvalue weighted by Crippen LogP contribution is -2.32. The zero-order valence-corrected chi connectivity index (χ0v) is 16.5. The molecule has 3 aromatic rings. The van der Waals surface area contributed by atoms with Gasteiger partial charge in [0.2, 0.25) is 0 Å². The van der Waals surface area contributed by atoms with E-state index in [4.69, 9.17) is 15.2 Å². The Balaban J connectivity index is 2.39. The molecule has 2 aromatic carbocycles. The van der Waals surface area contributed by atoms with E-state index in [0.29, 0.717) is 27.3 Å². The zero-order chi connectivity index (χ0) is 21.0. The van der Waals surface area contributed by atoms with Crippen molar-refractivity contribution in [3.8, 4) is 23.3 Å². The number of rotatable bonds is 5. The molecule has 3 rings (SSSR count). The molecule has 0 radical (unpaired) electrons. The molecule has 0 aliphatic carbocycles. The number of carbonyl (C=O) groups excluding carboxylic acids is 1. The first-order valence-corrected chi connectivity index (χ1v) is 9.27. The average molecular weight is 407 g/mol. The van der Waals surface area contributed by atoms with E-state index in [0.717, 1.165) is 11.3 Å². The lowest BCUT2D eigenvalue weighted by atomic mass is 10.2. The number of nitrogens with two attached hydrogens (primary N) is 1. The van der Waals surface area contributed by atoms with Gasteiger partial charge in [-0.25, -0.2) is 0 Å². The van der Waals surface area contributed by atoms with Gasteiger partial charge in [-0.05, 0) is 30.3 Å². The number of carbonyl (C=O) groups is 1. The lowest BCUT2D eigenvalue weighted by molar-refractivity contribution is -0.112. The number of amides is 1. The molecule has 0 saturated heterocycles. The summed E-state index contributed by atoms with van der Waals surface area (Å²) in [7, 11) is 3.06. The molecule has 0 saturated carbocycles. The maximum absolute atomic E-state index is 13.2. The Bertz CT molecular complexity index is 1280. The summed E-state index contributed by atoms with van der Waals surface area (Å²) in [5.74, 6) is 0.234. The van der Waals surface area contributed by atoms with Gasteiger partial charge in [0.1, 0.15) is 22.2 Å². The summed E-state index contributed by atoms with van der Waals surface area (Å²) in [6.07, 6.45) is 1.64. The Kier molecular flexibility index (Phi) is 5.81. The van der Waals surface area contributed by atoms with Crippen molar-refractivity contribution < 1.29 is 14.3 Å². The van der Waals surface area contributed by atoms with Crippen molar-refractivity contribution >= 4 is 28.9 Å². The fourth-order valence-corrected chi connectivity index (χ4v) is 3.85. The number of para-hydroxylation sites is 1. The van der Waals surface area contributed by atoms with Crippen LogP contribution in [-0.2, 0) is 4.79 Å². The van der Waals surface area contributed by atoms with Crippen molar-refractivity contribution in [3.05, 3.63) is 73.6 Å². The average Bonchev–Trinajstić information content (AvgIpc) is 3.04. The van der Waals surface area contributed by atoms with E-state index in [1.807, 2.05) is 6.07 Å². The Hall–Kier alpha value is -3.83. The fraction of sp³-hybridized carbons (Fsp3) is 0.0952. The molecule has 1 heterocycles. The van der Waals surface area contributed by atoms with Crippen LogP contribution in [-0.4, -0.2) is 24.7 Å². The summed E-state index contributed by atoms with van der Waals surface area (Å²) in [6.45, 7) is 0. The third-order valence-corrected chi connectivity index (χ3v) is 5.23. The topological polar surface area (TPSA) is 107 Å². The fourth-order valence-electron chi connectivity index (χ4n) is 2.75. The molecule has 0 aliphatic heterocycles. The Morgan fingerprint density at radius 3 is 2.48 bits per heavy atom. The van der Waals surface area contributed by atoms with Crippen LogP contribution in [0.5, 0.6) is 11.5 Å². The summed E-state index contributed by atoms with van der Waals surface area (Å²) < 4.78 is 12.4. The van der Waals surface area contributed by atoms with E-state index in [1.165, 1.54) is 11.7 Å². The number of nitriles is 1. The van der Waals surface area contributed by atoms with E-state index >= 15 is 0 Å². The van der Waals surface area contributed by atoms with Crippen LogP contribution < -0.4 is 30.0 Å². The van der Waals surface area contributed by atoms with E-state index in [-0.39, 0.29) is 15.8 Å². The van der Waals surface area contributed by atoms with Gasteiger partial charge in [-0.2, -0.15) is 5.26 Å². The molecule has 1 aromatic heterocycles. The van der Waals surface area contributed by atoms with Gasteiger partial charge in [-0.15, -0.1) is 11.3 Å². The second-order valence-electron chi connectivity index (χ2n) is 5.85. The van der Waals surface area contributed by atoms with Crippen molar-refractivity contribution in [3.63, 3.8) is 0 Å². The molecule has 0 aliphatic rings. The second kappa shape index (κ2) is 8.46. The van der Waals surface area contributed by atoms with Crippen LogP contribution in [0, 0.1) is 11.3 Å². The summed E-state index contributed by atoms with van der Waals surface area (Å²) in [5, 5.41) is 9.41. The number of benzene rings is 2. The van der Waals surface area contributed by atoms with Crippen LogP contribution in [0.25, 0.3) is 17.3 Å². The Morgan fingerprint density at radius 1 is 1.17 bits per heavy atom. The highest BCUT2D eigenvalue weighted by Gasteiger charge is 2.15. The van der Waals surface area contributed by atoms with Crippen LogP contribution in [0.1, 0.15) is 5.56 Å². The highest BCUT2D eigenvalue weighted by Crippen LogP contribution is 2.24. The predicted octanol–water partition coefficient (Wildman–Crippen LogP) is 0.905. The molecule has 7 nitrogen and oxygen atoms in total. The summed E-state index contributed by atoms with van der Waals surface area (Å²) in [5.41, 5.74) is 5.89. The van der Waals surface area contributed by atoms with Gasteiger partial charge in [0, 0.05) is 11.6 Å². The highest BCUT2D eigenvalue weighted by atomic mass is 32.1. The van der Waals surface area contributed by atoms with Gasteiger partial charge in [0.05, 0.1) is 24.4 Å². The van der Waals surface area contributed by atoms with E-state index < -0.39 is 5.91 Å².